The van der Waals surface area contributed by atoms with Crippen molar-refractivity contribution in [2.45, 2.75) is 36.2 Å². The maximum atomic E-state index is 14.1. The summed E-state index contributed by atoms with van der Waals surface area (Å²) in [5.41, 5.74) is 2.93. The van der Waals surface area contributed by atoms with Gasteiger partial charge in [-0.2, -0.15) is 0 Å². The predicted octanol–water partition coefficient (Wildman–Crippen LogP) is 5.09. The molecular weight excluding hydrogens is 501 g/mol. The second kappa shape index (κ2) is 11.6. The fourth-order valence-electron chi connectivity index (χ4n) is 4.53. The van der Waals surface area contributed by atoms with Gasteiger partial charge in [0.15, 0.2) is 11.0 Å². The lowest BCUT2D eigenvalue weighted by molar-refractivity contribution is -0.117. The number of nitrogens with one attached hydrogen (secondary N) is 1. The van der Waals surface area contributed by atoms with Crippen molar-refractivity contribution >= 4 is 29.3 Å². The van der Waals surface area contributed by atoms with E-state index in [-0.39, 0.29) is 17.6 Å². The van der Waals surface area contributed by atoms with Gasteiger partial charge in [0.1, 0.15) is 5.82 Å². The van der Waals surface area contributed by atoms with Gasteiger partial charge in [-0.3, -0.25) is 9.59 Å². The van der Waals surface area contributed by atoms with Crippen LogP contribution in [-0.4, -0.2) is 33.1 Å². The van der Waals surface area contributed by atoms with Gasteiger partial charge in [-0.05, 0) is 54.3 Å². The number of halogens is 1. The van der Waals surface area contributed by atoms with Crippen molar-refractivity contribution in [3.63, 3.8) is 0 Å². The Hall–Kier alpha value is -3.98. The highest BCUT2D eigenvalue weighted by atomic mass is 32.2. The number of benzene rings is 3. The maximum Gasteiger partial charge on any atom is 0.251 e. The van der Waals surface area contributed by atoms with E-state index in [1.807, 2.05) is 60.1 Å². The third kappa shape index (κ3) is 5.78. The van der Waals surface area contributed by atoms with Crippen molar-refractivity contribution in [1.82, 2.24) is 20.1 Å². The average Bonchev–Trinajstić information content (AvgIpc) is 3.53. The van der Waals surface area contributed by atoms with Crippen LogP contribution in [0, 0.1) is 5.82 Å². The molecule has 1 atom stereocenters. The molecule has 194 valence electrons. The first-order valence-electron chi connectivity index (χ1n) is 12.5. The first kappa shape index (κ1) is 25.7. The molecule has 0 saturated carbocycles. The van der Waals surface area contributed by atoms with E-state index in [0.29, 0.717) is 47.2 Å². The number of carbonyl (C=O) groups excluding carboxylic acids is 2. The molecule has 0 radical (unpaired) electrons. The molecule has 1 fully saturated rings. The lowest BCUT2D eigenvalue weighted by Crippen LogP contribution is -2.32. The van der Waals surface area contributed by atoms with E-state index in [2.05, 4.69) is 15.5 Å². The Morgan fingerprint density at radius 2 is 1.76 bits per heavy atom. The minimum atomic E-state index is -0.440. The zero-order chi connectivity index (χ0) is 26.5. The molecule has 9 heteroatoms. The van der Waals surface area contributed by atoms with Gasteiger partial charge >= 0.3 is 0 Å². The Labute approximate surface area is 225 Å². The molecule has 0 aliphatic carbocycles. The van der Waals surface area contributed by atoms with E-state index in [0.717, 1.165) is 17.7 Å². The molecule has 3 aromatic carbocycles. The summed E-state index contributed by atoms with van der Waals surface area (Å²) in [6.07, 6.45) is 1.93. The molecule has 5 rings (SSSR count). The zero-order valence-corrected chi connectivity index (χ0v) is 21.8. The van der Waals surface area contributed by atoms with Crippen LogP contribution < -0.4 is 10.2 Å². The Morgan fingerprint density at radius 1 is 1.03 bits per heavy atom. The number of rotatable bonds is 9. The molecule has 1 aromatic heterocycles. The molecule has 1 unspecified atom stereocenters. The first-order valence-corrected chi connectivity index (χ1v) is 13.5. The number of nitrogens with zero attached hydrogens (tertiary/aromatic N) is 4. The lowest BCUT2D eigenvalue weighted by Gasteiger charge is -2.19. The van der Waals surface area contributed by atoms with Crippen LogP contribution in [0.25, 0.3) is 0 Å². The van der Waals surface area contributed by atoms with Crippen molar-refractivity contribution in [2.24, 2.45) is 7.05 Å². The summed E-state index contributed by atoms with van der Waals surface area (Å²) in [5.74, 6) is 0.638. The molecule has 1 N–H and O–H groups in total. The molecular formula is C29H28FN5O2S. The third-order valence-electron chi connectivity index (χ3n) is 6.60. The molecule has 4 aromatic rings. The Kier molecular flexibility index (Phi) is 7.83. The van der Waals surface area contributed by atoms with E-state index in [1.54, 1.807) is 29.2 Å². The Balaban J connectivity index is 1.34. The summed E-state index contributed by atoms with van der Waals surface area (Å²) in [4.78, 5) is 27.1. The van der Waals surface area contributed by atoms with E-state index in [4.69, 9.17) is 0 Å². The SMILES string of the molecule is Cn1c(SCc2ccccc2F)nnc1C(Cc1ccccc1)NC(=O)c1ccc(N2CCCC2=O)cc1. The molecule has 1 saturated heterocycles. The van der Waals surface area contributed by atoms with Gasteiger partial charge in [-0.15, -0.1) is 10.2 Å². The number of anilines is 1. The van der Waals surface area contributed by atoms with Gasteiger partial charge in [-0.1, -0.05) is 60.3 Å². The van der Waals surface area contributed by atoms with Gasteiger partial charge < -0.3 is 14.8 Å². The largest absolute Gasteiger partial charge is 0.342 e. The predicted molar refractivity (Wildman–Crippen MR) is 145 cm³/mol. The van der Waals surface area contributed by atoms with E-state index < -0.39 is 6.04 Å². The van der Waals surface area contributed by atoms with Crippen LogP contribution in [-0.2, 0) is 24.0 Å². The van der Waals surface area contributed by atoms with E-state index in [9.17, 15) is 14.0 Å². The average molecular weight is 530 g/mol. The topological polar surface area (TPSA) is 80.1 Å². The standard InChI is InChI=1S/C29H28FN5O2S/c1-34-27(32-33-29(34)38-19-22-10-5-6-11-24(22)30)25(18-20-8-3-2-4-9-20)31-28(37)21-13-15-23(16-14-21)35-17-7-12-26(35)36/h2-6,8-11,13-16,25H,7,12,17-19H2,1H3,(H,31,37). The zero-order valence-electron chi connectivity index (χ0n) is 21.0. The molecule has 2 amide bonds. The quantitative estimate of drug-likeness (QED) is 0.306. The Morgan fingerprint density at radius 3 is 2.47 bits per heavy atom. The summed E-state index contributed by atoms with van der Waals surface area (Å²) in [7, 11) is 1.85. The molecule has 0 bridgehead atoms. The lowest BCUT2D eigenvalue weighted by atomic mass is 10.0. The second-order valence-corrected chi connectivity index (χ2v) is 10.1. The van der Waals surface area contributed by atoms with Crippen LogP contribution in [0.2, 0.25) is 0 Å². The first-order chi connectivity index (χ1) is 18.5. The fraction of sp³-hybridized carbons (Fsp3) is 0.241. The van der Waals surface area contributed by atoms with Crippen LogP contribution in [0.5, 0.6) is 0 Å². The summed E-state index contributed by atoms with van der Waals surface area (Å²) in [5, 5.41) is 12.5. The highest BCUT2D eigenvalue weighted by Gasteiger charge is 2.24. The highest BCUT2D eigenvalue weighted by molar-refractivity contribution is 7.98. The van der Waals surface area contributed by atoms with Crippen molar-refractivity contribution in [2.75, 3.05) is 11.4 Å². The molecule has 0 spiro atoms. The van der Waals surface area contributed by atoms with Gasteiger partial charge in [0, 0.05) is 37.0 Å². The Bertz CT molecular complexity index is 1420. The molecule has 38 heavy (non-hydrogen) atoms. The summed E-state index contributed by atoms with van der Waals surface area (Å²) < 4.78 is 15.9. The third-order valence-corrected chi connectivity index (χ3v) is 7.67. The van der Waals surface area contributed by atoms with Crippen molar-refractivity contribution < 1.29 is 14.0 Å². The van der Waals surface area contributed by atoms with E-state index >= 15 is 0 Å². The van der Waals surface area contributed by atoms with Crippen molar-refractivity contribution in [1.29, 1.82) is 0 Å². The van der Waals surface area contributed by atoms with Crippen LogP contribution in [0.3, 0.4) is 0 Å². The second-order valence-electron chi connectivity index (χ2n) is 9.19. The van der Waals surface area contributed by atoms with Crippen LogP contribution in [0.15, 0.2) is 84.0 Å². The molecule has 1 aliphatic heterocycles. The van der Waals surface area contributed by atoms with Crippen molar-refractivity contribution in [3.8, 4) is 0 Å². The van der Waals surface area contributed by atoms with Crippen LogP contribution in [0.1, 0.15) is 46.2 Å². The monoisotopic (exact) mass is 529 g/mol. The summed E-state index contributed by atoms with van der Waals surface area (Å²) in [6.45, 7) is 0.701. The van der Waals surface area contributed by atoms with Crippen LogP contribution >= 0.6 is 11.8 Å². The van der Waals surface area contributed by atoms with Gasteiger partial charge in [0.05, 0.1) is 6.04 Å². The number of thioether (sulfide) groups is 1. The van der Waals surface area contributed by atoms with Crippen molar-refractivity contribution in [3.05, 3.63) is 107 Å². The molecule has 1 aliphatic rings. The maximum absolute atomic E-state index is 14.1. The smallest absolute Gasteiger partial charge is 0.251 e. The summed E-state index contributed by atoms with van der Waals surface area (Å²) in [6, 6.07) is 23.2. The number of aromatic nitrogens is 3. The summed E-state index contributed by atoms with van der Waals surface area (Å²) >= 11 is 1.39. The number of hydrogen-bond acceptors (Lipinski definition) is 5. The fourth-order valence-corrected chi connectivity index (χ4v) is 5.43. The highest BCUT2D eigenvalue weighted by Crippen LogP contribution is 2.26. The van der Waals surface area contributed by atoms with Crippen LogP contribution in [0.4, 0.5) is 10.1 Å². The van der Waals surface area contributed by atoms with Gasteiger partial charge in [-0.25, -0.2) is 4.39 Å². The van der Waals surface area contributed by atoms with E-state index in [1.165, 1.54) is 17.8 Å². The van der Waals surface area contributed by atoms with Gasteiger partial charge in [0.2, 0.25) is 5.91 Å². The minimum Gasteiger partial charge on any atom is -0.342 e. The minimum absolute atomic E-state index is 0.107. The normalized spacial score (nSPS) is 14.1. The number of carbonyl (C=O) groups is 2. The molecule has 7 nitrogen and oxygen atoms in total. The number of amides is 2. The van der Waals surface area contributed by atoms with Gasteiger partial charge in [0.25, 0.3) is 5.91 Å². The number of hydrogen-bond donors (Lipinski definition) is 1. The molecule has 2 heterocycles.